The van der Waals surface area contributed by atoms with Gasteiger partial charge in [0, 0.05) is 18.3 Å². The minimum Gasteiger partial charge on any atom is -0.364 e. The Morgan fingerprint density at radius 2 is 2.05 bits per heavy atom. The standard InChI is InChI=1S/C12H14F4N4O2/c1-6-3-4-17-19(6)7(2)10(21)20-12(22,11(15)16)5-8(18-20)9(13)14/h3-4,7,9,11,22H,5H2,1-2H3/t7-,12+/m0/s1. The topological polar surface area (TPSA) is 70.7 Å². The van der Waals surface area contributed by atoms with Crippen LogP contribution in [-0.4, -0.2) is 50.1 Å². The molecule has 1 aliphatic heterocycles. The van der Waals surface area contributed by atoms with Crippen LogP contribution in [0.2, 0.25) is 0 Å². The van der Waals surface area contributed by atoms with Gasteiger partial charge in [0.25, 0.3) is 18.8 Å². The number of hydrogen-bond acceptors (Lipinski definition) is 4. The molecule has 0 fully saturated rings. The molecule has 1 aliphatic rings. The second-order valence-corrected chi connectivity index (χ2v) is 4.99. The van der Waals surface area contributed by atoms with Gasteiger partial charge in [-0.2, -0.15) is 15.2 Å². The maximum absolute atomic E-state index is 13.1. The summed E-state index contributed by atoms with van der Waals surface area (Å²) in [6, 6.07) is 0.502. The number of hydrogen-bond donors (Lipinski definition) is 1. The van der Waals surface area contributed by atoms with Crippen LogP contribution in [0.3, 0.4) is 0 Å². The Bertz CT molecular complexity index is 604. The van der Waals surface area contributed by atoms with Crippen LogP contribution in [0.25, 0.3) is 0 Å². The van der Waals surface area contributed by atoms with Gasteiger partial charge in [-0.25, -0.2) is 17.6 Å². The number of nitrogens with zero attached hydrogens (tertiary/aromatic N) is 4. The van der Waals surface area contributed by atoms with Crippen molar-refractivity contribution in [3.63, 3.8) is 0 Å². The number of carbonyl (C=O) groups excluding carboxylic acids is 1. The molecule has 0 saturated heterocycles. The lowest BCUT2D eigenvalue weighted by molar-refractivity contribution is -0.194. The maximum atomic E-state index is 13.1. The maximum Gasteiger partial charge on any atom is 0.287 e. The van der Waals surface area contributed by atoms with Crippen LogP contribution in [0, 0.1) is 6.92 Å². The van der Waals surface area contributed by atoms with Gasteiger partial charge >= 0.3 is 0 Å². The Balaban J connectivity index is 2.35. The quantitative estimate of drug-likeness (QED) is 0.855. The number of halogens is 4. The Hall–Kier alpha value is -1.97. The lowest BCUT2D eigenvalue weighted by atomic mass is 10.1. The zero-order valence-corrected chi connectivity index (χ0v) is 11.8. The average Bonchev–Trinajstić information content (AvgIpc) is 3.02. The summed E-state index contributed by atoms with van der Waals surface area (Å²) in [5, 5.41) is 17.0. The van der Waals surface area contributed by atoms with E-state index in [2.05, 4.69) is 10.2 Å². The molecule has 2 heterocycles. The van der Waals surface area contributed by atoms with Gasteiger partial charge in [0.05, 0.1) is 0 Å². The molecule has 10 heteroatoms. The van der Waals surface area contributed by atoms with E-state index in [0.717, 1.165) is 0 Å². The molecule has 1 N–H and O–H groups in total. The molecule has 2 atom stereocenters. The molecule has 1 aromatic heterocycles. The molecule has 0 bridgehead atoms. The van der Waals surface area contributed by atoms with Gasteiger partial charge in [0.15, 0.2) is 0 Å². The summed E-state index contributed by atoms with van der Waals surface area (Å²) >= 11 is 0. The first-order chi connectivity index (χ1) is 10.2. The number of aryl methyl sites for hydroxylation is 1. The van der Waals surface area contributed by atoms with Gasteiger partial charge in [-0.05, 0) is 19.9 Å². The number of rotatable bonds is 4. The van der Waals surface area contributed by atoms with Crippen molar-refractivity contribution in [2.24, 2.45) is 5.10 Å². The van der Waals surface area contributed by atoms with Crippen LogP contribution in [-0.2, 0) is 4.79 Å². The second kappa shape index (κ2) is 5.67. The third-order valence-corrected chi connectivity index (χ3v) is 3.44. The smallest absolute Gasteiger partial charge is 0.287 e. The summed E-state index contributed by atoms with van der Waals surface area (Å²) in [7, 11) is 0. The SMILES string of the molecule is Cc1ccnn1[C@@H](C)C(=O)N1N=C(C(F)F)C[C@@]1(O)C(F)F. The van der Waals surface area contributed by atoms with Gasteiger partial charge in [-0.1, -0.05) is 0 Å². The molecule has 0 aliphatic carbocycles. The molecule has 2 rings (SSSR count). The Morgan fingerprint density at radius 1 is 1.41 bits per heavy atom. The largest absolute Gasteiger partial charge is 0.364 e. The number of alkyl halides is 4. The molecular weight excluding hydrogens is 308 g/mol. The molecule has 1 aromatic rings. The highest BCUT2D eigenvalue weighted by Crippen LogP contribution is 2.34. The van der Waals surface area contributed by atoms with Crippen LogP contribution in [0.15, 0.2) is 17.4 Å². The van der Waals surface area contributed by atoms with Crippen molar-refractivity contribution >= 4 is 11.6 Å². The predicted molar refractivity (Wildman–Crippen MR) is 67.5 cm³/mol. The molecule has 0 saturated carbocycles. The molecule has 22 heavy (non-hydrogen) atoms. The number of carbonyl (C=O) groups is 1. The fourth-order valence-corrected chi connectivity index (χ4v) is 2.19. The predicted octanol–water partition coefficient (Wildman–Crippen LogP) is 1.56. The molecule has 122 valence electrons. The van der Waals surface area contributed by atoms with Gasteiger partial charge in [0.2, 0.25) is 5.72 Å². The van der Waals surface area contributed by atoms with E-state index >= 15 is 0 Å². The average molecular weight is 322 g/mol. The molecule has 1 amide bonds. The number of amides is 1. The highest BCUT2D eigenvalue weighted by Gasteiger charge is 2.54. The lowest BCUT2D eigenvalue weighted by Crippen LogP contribution is -2.53. The van der Waals surface area contributed by atoms with Crippen LogP contribution >= 0.6 is 0 Å². The van der Waals surface area contributed by atoms with Gasteiger partial charge < -0.3 is 5.11 Å². The molecule has 0 aromatic carbocycles. The molecule has 0 radical (unpaired) electrons. The summed E-state index contributed by atoms with van der Waals surface area (Å²) in [5.41, 5.74) is -3.46. The number of hydrazone groups is 1. The first-order valence-electron chi connectivity index (χ1n) is 6.38. The summed E-state index contributed by atoms with van der Waals surface area (Å²) in [5.74, 6) is -1.05. The van der Waals surface area contributed by atoms with Crippen molar-refractivity contribution in [2.75, 3.05) is 0 Å². The summed E-state index contributed by atoms with van der Waals surface area (Å²) in [4.78, 5) is 12.3. The van der Waals surface area contributed by atoms with E-state index in [1.54, 1.807) is 13.0 Å². The highest BCUT2D eigenvalue weighted by atomic mass is 19.3. The molecule has 0 spiro atoms. The van der Waals surface area contributed by atoms with E-state index in [0.29, 0.717) is 5.69 Å². The van der Waals surface area contributed by atoms with Crippen molar-refractivity contribution < 1.29 is 27.5 Å². The van der Waals surface area contributed by atoms with Crippen LogP contribution in [0.1, 0.15) is 25.1 Å². The van der Waals surface area contributed by atoms with E-state index in [1.165, 1.54) is 17.8 Å². The summed E-state index contributed by atoms with van der Waals surface area (Å²) in [6.45, 7) is 2.98. The van der Waals surface area contributed by atoms with Crippen molar-refractivity contribution in [2.45, 2.75) is 44.9 Å². The first kappa shape index (κ1) is 16.4. The zero-order valence-electron chi connectivity index (χ0n) is 11.8. The summed E-state index contributed by atoms with van der Waals surface area (Å²) < 4.78 is 52.7. The monoisotopic (exact) mass is 322 g/mol. The highest BCUT2D eigenvalue weighted by molar-refractivity contribution is 5.93. The van der Waals surface area contributed by atoms with E-state index in [-0.39, 0.29) is 5.01 Å². The summed E-state index contributed by atoms with van der Waals surface area (Å²) in [6.07, 6.45) is -6.28. The minimum absolute atomic E-state index is 0.0466. The van der Waals surface area contributed by atoms with Crippen LogP contribution in [0.4, 0.5) is 17.6 Å². The molecule has 6 nitrogen and oxygen atoms in total. The van der Waals surface area contributed by atoms with Gasteiger partial charge in [0.1, 0.15) is 11.8 Å². The fraction of sp³-hybridized carbons (Fsp3) is 0.583. The van der Waals surface area contributed by atoms with Gasteiger partial charge in [-0.3, -0.25) is 9.48 Å². The molecule has 0 unspecified atom stereocenters. The minimum atomic E-state index is -3.44. The third kappa shape index (κ3) is 2.58. The van der Waals surface area contributed by atoms with Crippen LogP contribution in [0.5, 0.6) is 0 Å². The van der Waals surface area contributed by atoms with E-state index in [4.69, 9.17) is 0 Å². The van der Waals surface area contributed by atoms with E-state index < -0.39 is 42.7 Å². The van der Waals surface area contributed by atoms with E-state index in [9.17, 15) is 27.5 Å². The lowest BCUT2D eigenvalue weighted by Gasteiger charge is -2.31. The fourth-order valence-electron chi connectivity index (χ4n) is 2.19. The first-order valence-corrected chi connectivity index (χ1v) is 6.38. The zero-order chi connectivity index (χ0) is 16.7. The van der Waals surface area contributed by atoms with Crippen molar-refractivity contribution in [3.05, 3.63) is 18.0 Å². The van der Waals surface area contributed by atoms with Crippen molar-refractivity contribution in [1.29, 1.82) is 0 Å². The normalized spacial score (nSPS) is 23.3. The van der Waals surface area contributed by atoms with Crippen molar-refractivity contribution in [3.8, 4) is 0 Å². The van der Waals surface area contributed by atoms with Crippen molar-refractivity contribution in [1.82, 2.24) is 14.8 Å². The second-order valence-electron chi connectivity index (χ2n) is 4.99. The van der Waals surface area contributed by atoms with Gasteiger partial charge in [-0.15, -0.1) is 0 Å². The van der Waals surface area contributed by atoms with Crippen LogP contribution < -0.4 is 0 Å². The Morgan fingerprint density at radius 3 is 2.50 bits per heavy atom. The van der Waals surface area contributed by atoms with E-state index in [1.807, 2.05) is 0 Å². The molecular formula is C12H14F4N4O2. The Labute approximate surface area is 123 Å². The Kier molecular flexibility index (Phi) is 4.23. The third-order valence-electron chi connectivity index (χ3n) is 3.44. The number of aromatic nitrogens is 2. The number of aliphatic hydroxyl groups is 1.